The second kappa shape index (κ2) is 7.61. The molecule has 0 aliphatic carbocycles. The second-order valence-corrected chi connectivity index (χ2v) is 6.78. The number of benzene rings is 1. The molecule has 2 aromatic rings. The van der Waals surface area contributed by atoms with E-state index >= 15 is 0 Å². The summed E-state index contributed by atoms with van der Waals surface area (Å²) in [5, 5.41) is 8.21. The van der Waals surface area contributed by atoms with Gasteiger partial charge in [-0.2, -0.15) is 11.3 Å². The van der Waals surface area contributed by atoms with E-state index in [4.69, 9.17) is 0 Å². The van der Waals surface area contributed by atoms with Gasteiger partial charge in [0, 0.05) is 12.1 Å². The van der Waals surface area contributed by atoms with Crippen molar-refractivity contribution in [3.8, 4) is 0 Å². The highest BCUT2D eigenvalue weighted by molar-refractivity contribution is 7.07. The van der Waals surface area contributed by atoms with Crippen LogP contribution in [-0.2, 0) is 6.42 Å². The largest absolute Gasteiger partial charge is 0.307 e. The lowest BCUT2D eigenvalue weighted by Crippen LogP contribution is -2.32. The molecule has 1 N–H and O–H groups in total. The average molecular weight is 287 g/mol. The van der Waals surface area contributed by atoms with Crippen molar-refractivity contribution in [3.05, 3.63) is 58.3 Å². The van der Waals surface area contributed by atoms with Gasteiger partial charge in [-0.1, -0.05) is 44.2 Å². The van der Waals surface area contributed by atoms with Gasteiger partial charge in [-0.05, 0) is 53.6 Å². The lowest BCUT2D eigenvalue weighted by Gasteiger charge is -2.25. The third-order valence-electron chi connectivity index (χ3n) is 3.52. The van der Waals surface area contributed by atoms with Gasteiger partial charge in [0.05, 0.1) is 0 Å². The van der Waals surface area contributed by atoms with E-state index in [0.29, 0.717) is 18.0 Å². The van der Waals surface area contributed by atoms with Gasteiger partial charge < -0.3 is 5.32 Å². The molecule has 108 valence electrons. The van der Waals surface area contributed by atoms with E-state index in [1.165, 1.54) is 17.5 Å². The molecule has 0 spiro atoms. The summed E-state index contributed by atoms with van der Waals surface area (Å²) < 4.78 is 0. The molecule has 0 aliphatic rings. The van der Waals surface area contributed by atoms with E-state index in [1.54, 1.807) is 11.3 Å². The average Bonchev–Trinajstić information content (AvgIpc) is 2.91. The molecule has 0 radical (unpaired) electrons. The molecule has 2 atom stereocenters. The third-order valence-corrected chi connectivity index (χ3v) is 4.25. The first-order chi connectivity index (χ1) is 9.65. The number of nitrogens with one attached hydrogen (secondary N) is 1. The Morgan fingerprint density at radius 3 is 2.40 bits per heavy atom. The van der Waals surface area contributed by atoms with Crippen LogP contribution in [0.25, 0.3) is 0 Å². The Kier molecular flexibility index (Phi) is 5.81. The molecule has 2 rings (SSSR count). The predicted octanol–water partition coefficient (Wildman–Crippen LogP) is 5.06. The maximum atomic E-state index is 3.81. The topological polar surface area (TPSA) is 12.0 Å². The van der Waals surface area contributed by atoms with E-state index in [-0.39, 0.29) is 0 Å². The lowest BCUT2D eigenvalue weighted by molar-refractivity contribution is 0.388. The van der Waals surface area contributed by atoms with Gasteiger partial charge in [-0.15, -0.1) is 0 Å². The molecule has 1 aromatic heterocycles. The Hall–Kier alpha value is -1.12. The monoisotopic (exact) mass is 287 g/mol. The van der Waals surface area contributed by atoms with E-state index in [2.05, 4.69) is 73.2 Å². The summed E-state index contributed by atoms with van der Waals surface area (Å²) in [4.78, 5) is 0. The van der Waals surface area contributed by atoms with Gasteiger partial charge in [-0.3, -0.25) is 0 Å². The summed E-state index contributed by atoms with van der Waals surface area (Å²) in [5.41, 5.74) is 2.84. The highest BCUT2D eigenvalue weighted by Crippen LogP contribution is 2.22. The second-order valence-electron chi connectivity index (χ2n) is 6.00. The molecule has 2 heteroatoms. The maximum Gasteiger partial charge on any atom is 0.0325 e. The number of hydrogen-bond acceptors (Lipinski definition) is 2. The van der Waals surface area contributed by atoms with Crippen LogP contribution >= 0.6 is 11.3 Å². The summed E-state index contributed by atoms with van der Waals surface area (Å²) in [5.74, 6) is 0.695. The minimum atomic E-state index is 0.449. The zero-order chi connectivity index (χ0) is 14.4. The minimum absolute atomic E-state index is 0.449. The standard InChI is InChI=1S/C18H25NS/c1-14(2)11-18(17-7-5-4-6-8-17)19-15(3)12-16-9-10-20-13-16/h4-10,13-15,18-19H,11-12H2,1-3H3. The van der Waals surface area contributed by atoms with Crippen molar-refractivity contribution in [2.75, 3.05) is 0 Å². The molecule has 2 unspecified atom stereocenters. The van der Waals surface area contributed by atoms with Gasteiger partial charge in [0.15, 0.2) is 0 Å². The lowest BCUT2D eigenvalue weighted by atomic mass is 9.95. The van der Waals surface area contributed by atoms with Gasteiger partial charge in [0.2, 0.25) is 0 Å². The van der Waals surface area contributed by atoms with Crippen molar-refractivity contribution >= 4 is 11.3 Å². The fraction of sp³-hybridized carbons (Fsp3) is 0.444. The predicted molar refractivity (Wildman–Crippen MR) is 89.3 cm³/mol. The van der Waals surface area contributed by atoms with E-state index in [1.807, 2.05) is 0 Å². The summed E-state index contributed by atoms with van der Waals surface area (Å²) in [6.07, 6.45) is 2.28. The molecule has 0 saturated heterocycles. The van der Waals surface area contributed by atoms with E-state index in [0.717, 1.165) is 6.42 Å². The van der Waals surface area contributed by atoms with Crippen molar-refractivity contribution in [1.82, 2.24) is 5.32 Å². The smallest absolute Gasteiger partial charge is 0.0325 e. The number of hydrogen-bond donors (Lipinski definition) is 1. The molecule has 0 aliphatic heterocycles. The Morgan fingerprint density at radius 1 is 1.05 bits per heavy atom. The molecule has 0 bridgehead atoms. The van der Waals surface area contributed by atoms with Crippen LogP contribution in [0, 0.1) is 5.92 Å². The van der Waals surface area contributed by atoms with Crippen LogP contribution in [0.15, 0.2) is 47.2 Å². The molecule has 0 amide bonds. The minimum Gasteiger partial charge on any atom is -0.307 e. The summed E-state index contributed by atoms with van der Waals surface area (Å²) in [6, 6.07) is 14.0. The summed E-state index contributed by atoms with van der Waals surface area (Å²) in [7, 11) is 0. The Morgan fingerprint density at radius 2 is 1.80 bits per heavy atom. The SMILES string of the molecule is CC(C)CC(NC(C)Cc1ccsc1)c1ccccc1. The number of rotatable bonds is 7. The first-order valence-electron chi connectivity index (χ1n) is 7.47. The highest BCUT2D eigenvalue weighted by atomic mass is 32.1. The van der Waals surface area contributed by atoms with Crippen LogP contribution in [0.4, 0.5) is 0 Å². The van der Waals surface area contributed by atoms with Crippen molar-refractivity contribution in [3.63, 3.8) is 0 Å². The molecule has 1 aromatic carbocycles. The fourth-order valence-electron chi connectivity index (χ4n) is 2.62. The van der Waals surface area contributed by atoms with Gasteiger partial charge in [0.25, 0.3) is 0 Å². The Labute approximate surface area is 127 Å². The first-order valence-corrected chi connectivity index (χ1v) is 8.41. The molecule has 0 saturated carbocycles. The first kappa shape index (κ1) is 15.3. The van der Waals surface area contributed by atoms with E-state index < -0.39 is 0 Å². The van der Waals surface area contributed by atoms with Crippen molar-refractivity contribution in [2.24, 2.45) is 5.92 Å². The Balaban J connectivity index is 2.00. The van der Waals surface area contributed by atoms with Gasteiger partial charge >= 0.3 is 0 Å². The van der Waals surface area contributed by atoms with Crippen molar-refractivity contribution < 1.29 is 0 Å². The molecule has 20 heavy (non-hydrogen) atoms. The summed E-state index contributed by atoms with van der Waals surface area (Å²) >= 11 is 1.78. The maximum absolute atomic E-state index is 3.81. The van der Waals surface area contributed by atoms with E-state index in [9.17, 15) is 0 Å². The third kappa shape index (κ3) is 4.77. The van der Waals surface area contributed by atoms with Crippen molar-refractivity contribution in [2.45, 2.75) is 45.7 Å². The fourth-order valence-corrected chi connectivity index (χ4v) is 3.30. The van der Waals surface area contributed by atoms with Gasteiger partial charge in [0.1, 0.15) is 0 Å². The van der Waals surface area contributed by atoms with Crippen LogP contribution < -0.4 is 5.32 Å². The van der Waals surface area contributed by atoms with Crippen LogP contribution in [0.2, 0.25) is 0 Å². The number of thiophene rings is 1. The Bertz CT molecular complexity index is 475. The molecule has 0 fully saturated rings. The highest BCUT2D eigenvalue weighted by Gasteiger charge is 2.16. The zero-order valence-electron chi connectivity index (χ0n) is 12.7. The zero-order valence-corrected chi connectivity index (χ0v) is 13.5. The van der Waals surface area contributed by atoms with Crippen LogP contribution in [0.5, 0.6) is 0 Å². The van der Waals surface area contributed by atoms with Gasteiger partial charge in [-0.25, -0.2) is 0 Å². The normalized spacial score (nSPS) is 14.4. The molecular weight excluding hydrogens is 262 g/mol. The quantitative estimate of drug-likeness (QED) is 0.751. The van der Waals surface area contributed by atoms with Crippen LogP contribution in [0.3, 0.4) is 0 Å². The van der Waals surface area contributed by atoms with Crippen molar-refractivity contribution in [1.29, 1.82) is 0 Å². The molecule has 1 heterocycles. The molecule has 1 nitrogen and oxygen atoms in total. The summed E-state index contributed by atoms with van der Waals surface area (Å²) in [6.45, 7) is 6.87. The van der Waals surface area contributed by atoms with Crippen LogP contribution in [-0.4, -0.2) is 6.04 Å². The molecular formula is C18H25NS. The van der Waals surface area contributed by atoms with Crippen LogP contribution in [0.1, 0.15) is 44.4 Å².